The van der Waals surface area contributed by atoms with E-state index < -0.39 is 0 Å². The molecule has 0 radical (unpaired) electrons. The van der Waals surface area contributed by atoms with E-state index >= 15 is 0 Å². The number of pyridine rings is 1. The molecule has 1 fully saturated rings. The zero-order chi connectivity index (χ0) is 16.6. The maximum absolute atomic E-state index is 5.61. The molecule has 0 bridgehead atoms. The summed E-state index contributed by atoms with van der Waals surface area (Å²) in [6.07, 6.45) is 9.32. The third-order valence-corrected chi connectivity index (χ3v) is 4.88. The van der Waals surface area contributed by atoms with E-state index in [4.69, 9.17) is 12.2 Å². The molecule has 4 heteroatoms. The highest BCUT2D eigenvalue weighted by Crippen LogP contribution is 2.23. The van der Waals surface area contributed by atoms with Crippen LogP contribution < -0.4 is 5.43 Å². The third-order valence-electron chi connectivity index (χ3n) is 4.46. The van der Waals surface area contributed by atoms with Crippen LogP contribution >= 0.6 is 12.2 Å². The first kappa shape index (κ1) is 16.8. The van der Waals surface area contributed by atoms with Crippen LogP contribution in [-0.2, 0) is 0 Å². The Hall–Kier alpha value is -2.07. The Labute approximate surface area is 149 Å². The van der Waals surface area contributed by atoms with E-state index in [1.54, 1.807) is 6.20 Å². The average Bonchev–Trinajstić information content (AvgIpc) is 2.93. The van der Waals surface area contributed by atoms with Gasteiger partial charge in [0.15, 0.2) is 0 Å². The molecule has 0 saturated heterocycles. The fraction of sp³-hybridized carbons (Fsp3) is 0.350. The minimum absolute atomic E-state index is 0.451. The summed E-state index contributed by atoms with van der Waals surface area (Å²) in [7, 11) is 0. The van der Waals surface area contributed by atoms with Crippen molar-refractivity contribution in [3.05, 3.63) is 66.0 Å². The molecule has 24 heavy (non-hydrogen) atoms. The van der Waals surface area contributed by atoms with Gasteiger partial charge < -0.3 is 0 Å². The van der Waals surface area contributed by atoms with Crippen molar-refractivity contribution in [3.8, 4) is 0 Å². The van der Waals surface area contributed by atoms with Gasteiger partial charge in [-0.25, -0.2) is 0 Å². The van der Waals surface area contributed by atoms with E-state index in [9.17, 15) is 0 Å². The van der Waals surface area contributed by atoms with Crippen LogP contribution in [0.15, 0.2) is 59.8 Å². The number of hydrogen-bond donors (Lipinski definition) is 1. The Morgan fingerprint density at radius 3 is 2.33 bits per heavy atom. The van der Waals surface area contributed by atoms with Gasteiger partial charge >= 0.3 is 0 Å². The summed E-state index contributed by atoms with van der Waals surface area (Å²) in [4.78, 5) is 5.31. The molecule has 1 saturated carbocycles. The van der Waals surface area contributed by atoms with Gasteiger partial charge in [-0.15, -0.1) is 0 Å². The predicted molar refractivity (Wildman–Crippen MR) is 103 cm³/mol. The molecule has 1 heterocycles. The summed E-state index contributed by atoms with van der Waals surface area (Å²) in [6, 6.07) is 16.0. The Morgan fingerprint density at radius 1 is 0.958 bits per heavy atom. The molecular weight excluding hydrogens is 314 g/mol. The van der Waals surface area contributed by atoms with Crippen molar-refractivity contribution in [2.24, 2.45) is 11.0 Å². The van der Waals surface area contributed by atoms with Crippen molar-refractivity contribution in [2.75, 3.05) is 0 Å². The lowest BCUT2D eigenvalue weighted by Gasteiger charge is -2.15. The van der Waals surface area contributed by atoms with Gasteiger partial charge in [0.25, 0.3) is 0 Å². The third kappa shape index (κ3) is 4.48. The maximum atomic E-state index is 5.61. The van der Waals surface area contributed by atoms with Crippen molar-refractivity contribution < 1.29 is 0 Å². The van der Waals surface area contributed by atoms with Crippen molar-refractivity contribution in [2.45, 2.75) is 38.5 Å². The van der Waals surface area contributed by atoms with E-state index in [2.05, 4.69) is 15.5 Å². The summed E-state index contributed by atoms with van der Waals surface area (Å²) in [5, 5.41) is 4.63. The van der Waals surface area contributed by atoms with Crippen molar-refractivity contribution in [1.82, 2.24) is 10.4 Å². The molecule has 0 atom stereocenters. The second kappa shape index (κ2) is 8.69. The molecule has 1 aromatic heterocycles. The van der Waals surface area contributed by atoms with Crippen LogP contribution in [0.25, 0.3) is 0 Å². The van der Waals surface area contributed by atoms with Gasteiger partial charge in [0.1, 0.15) is 5.71 Å². The van der Waals surface area contributed by atoms with Crippen molar-refractivity contribution >= 4 is 22.9 Å². The maximum Gasteiger partial charge on any atom is 0.116 e. The van der Waals surface area contributed by atoms with E-state index in [-0.39, 0.29) is 0 Å². The highest BCUT2D eigenvalue weighted by Gasteiger charge is 2.17. The largest absolute Gasteiger partial charge is 0.271 e. The first-order valence-electron chi connectivity index (χ1n) is 8.69. The minimum Gasteiger partial charge on any atom is -0.271 e. The molecule has 0 aliphatic heterocycles. The SMILES string of the molecule is S=C(N/N=C(/c1ccccc1)c1ccccn1)C1CCCCCC1. The molecule has 1 aliphatic rings. The van der Waals surface area contributed by atoms with Crippen molar-refractivity contribution in [3.63, 3.8) is 0 Å². The van der Waals surface area contributed by atoms with Gasteiger partial charge in [-0.05, 0) is 25.0 Å². The lowest BCUT2D eigenvalue weighted by atomic mass is 10.0. The quantitative estimate of drug-likeness (QED) is 0.379. The van der Waals surface area contributed by atoms with Crippen LogP contribution in [0.5, 0.6) is 0 Å². The van der Waals surface area contributed by atoms with Crippen LogP contribution in [0.1, 0.15) is 49.8 Å². The van der Waals surface area contributed by atoms with Gasteiger partial charge in [0.2, 0.25) is 0 Å². The van der Waals surface area contributed by atoms with Gasteiger partial charge in [-0.2, -0.15) is 5.10 Å². The number of hydrogen-bond acceptors (Lipinski definition) is 3. The normalized spacial score (nSPS) is 16.4. The van der Waals surface area contributed by atoms with E-state index in [1.165, 1.54) is 38.5 Å². The van der Waals surface area contributed by atoms with Crippen LogP contribution in [0.3, 0.4) is 0 Å². The van der Waals surface area contributed by atoms with Gasteiger partial charge in [0, 0.05) is 17.7 Å². The van der Waals surface area contributed by atoms with Crippen LogP contribution in [0.4, 0.5) is 0 Å². The molecule has 0 spiro atoms. The predicted octanol–water partition coefficient (Wildman–Crippen LogP) is 4.72. The molecule has 1 N–H and O–H groups in total. The fourth-order valence-electron chi connectivity index (χ4n) is 3.11. The number of thiocarbonyl (C=S) groups is 1. The Kier molecular flexibility index (Phi) is 6.07. The summed E-state index contributed by atoms with van der Waals surface area (Å²) < 4.78 is 0. The average molecular weight is 337 g/mol. The first-order valence-corrected chi connectivity index (χ1v) is 9.10. The zero-order valence-corrected chi connectivity index (χ0v) is 14.6. The lowest BCUT2D eigenvalue weighted by Crippen LogP contribution is -2.26. The lowest BCUT2D eigenvalue weighted by molar-refractivity contribution is 0.583. The number of nitrogens with one attached hydrogen (secondary N) is 1. The Morgan fingerprint density at radius 2 is 1.67 bits per heavy atom. The van der Waals surface area contributed by atoms with Crippen LogP contribution in [0.2, 0.25) is 0 Å². The van der Waals surface area contributed by atoms with Gasteiger partial charge in [0.05, 0.1) is 10.7 Å². The zero-order valence-electron chi connectivity index (χ0n) is 13.8. The number of hydrazone groups is 1. The standard InChI is InChI=1S/C20H23N3S/c24-20(17-12-4-1-2-5-13-17)23-22-19(16-10-6-3-7-11-16)18-14-8-9-15-21-18/h3,6-11,14-15,17H,1-2,4-5,12-13H2,(H,23,24)/b22-19-. The monoisotopic (exact) mass is 337 g/mol. The highest BCUT2D eigenvalue weighted by molar-refractivity contribution is 7.80. The molecule has 1 aromatic carbocycles. The van der Waals surface area contributed by atoms with E-state index in [0.717, 1.165) is 22.0 Å². The molecule has 1 aliphatic carbocycles. The molecular formula is C20H23N3S. The second-order valence-corrected chi connectivity index (χ2v) is 6.65. The van der Waals surface area contributed by atoms with E-state index in [0.29, 0.717) is 5.92 Å². The van der Waals surface area contributed by atoms with E-state index in [1.807, 2.05) is 48.5 Å². The summed E-state index contributed by atoms with van der Waals surface area (Å²) in [5.74, 6) is 0.451. The smallest absolute Gasteiger partial charge is 0.116 e. The highest BCUT2D eigenvalue weighted by atomic mass is 32.1. The Bertz CT molecular complexity index is 633. The number of nitrogens with zero attached hydrogens (tertiary/aromatic N) is 2. The summed E-state index contributed by atoms with van der Waals surface area (Å²) >= 11 is 5.61. The molecule has 0 amide bonds. The topological polar surface area (TPSA) is 37.3 Å². The van der Waals surface area contributed by atoms with Crippen LogP contribution in [0, 0.1) is 5.92 Å². The fourth-order valence-corrected chi connectivity index (χ4v) is 3.39. The minimum atomic E-state index is 0.451. The number of aromatic nitrogens is 1. The Balaban J connectivity index is 1.80. The molecule has 0 unspecified atom stereocenters. The number of rotatable bonds is 4. The summed E-state index contributed by atoms with van der Waals surface area (Å²) in [5.41, 5.74) is 5.86. The second-order valence-electron chi connectivity index (χ2n) is 6.21. The first-order chi connectivity index (χ1) is 11.8. The molecule has 3 nitrogen and oxygen atoms in total. The molecule has 3 rings (SSSR count). The summed E-state index contributed by atoms with van der Waals surface area (Å²) in [6.45, 7) is 0. The van der Waals surface area contributed by atoms with Crippen molar-refractivity contribution in [1.29, 1.82) is 0 Å². The van der Waals surface area contributed by atoms with Gasteiger partial charge in [-0.1, -0.05) is 74.3 Å². The molecule has 124 valence electrons. The van der Waals surface area contributed by atoms with Gasteiger partial charge in [-0.3, -0.25) is 10.4 Å². The molecule has 2 aromatic rings. The number of benzene rings is 1. The van der Waals surface area contributed by atoms with Crippen LogP contribution in [-0.4, -0.2) is 15.7 Å².